The molecule has 2 aromatic carbocycles. The number of hydrogen-bond donors (Lipinski definition) is 2. The maximum atomic E-state index is 12.1. The molecule has 0 bridgehead atoms. The van der Waals surface area contributed by atoms with E-state index in [0.29, 0.717) is 19.4 Å². The Balaban J connectivity index is 1.30. The lowest BCUT2D eigenvalue weighted by Gasteiger charge is -2.15. The molecule has 2 atom stereocenters. The largest absolute Gasteiger partial charge is 0.489 e. The zero-order chi connectivity index (χ0) is 22.1. The van der Waals surface area contributed by atoms with Crippen LogP contribution in [-0.2, 0) is 23.2 Å². The minimum atomic E-state index is -0.350. The van der Waals surface area contributed by atoms with E-state index in [-0.39, 0.29) is 17.2 Å². The summed E-state index contributed by atoms with van der Waals surface area (Å²) in [6.45, 7) is 2.45. The number of hydrogen-bond acceptors (Lipinski definition) is 6. The first kappa shape index (κ1) is 20.6. The molecule has 1 amide bonds. The van der Waals surface area contributed by atoms with Gasteiger partial charge in [-0.05, 0) is 49.6 Å². The Labute approximate surface area is 189 Å². The van der Waals surface area contributed by atoms with Crippen LogP contribution in [0.4, 0.5) is 0 Å². The lowest BCUT2D eigenvalue weighted by Crippen LogP contribution is -2.26. The molecule has 2 N–H and O–H groups in total. The van der Waals surface area contributed by atoms with E-state index >= 15 is 0 Å². The molecule has 1 aliphatic rings. The third-order valence-corrected chi connectivity index (χ3v) is 7.12. The van der Waals surface area contributed by atoms with Crippen LogP contribution in [0, 0.1) is 12.8 Å². The van der Waals surface area contributed by atoms with Gasteiger partial charge in [0.05, 0.1) is 16.4 Å². The number of nitrogens with one attached hydrogen (secondary N) is 1. The minimum absolute atomic E-state index is 0.266. The molecule has 7 heteroatoms. The van der Waals surface area contributed by atoms with Gasteiger partial charge in [-0.25, -0.2) is 10.5 Å². The molecule has 32 heavy (non-hydrogen) atoms. The van der Waals surface area contributed by atoms with Crippen molar-refractivity contribution in [3.63, 3.8) is 0 Å². The van der Waals surface area contributed by atoms with Crippen LogP contribution < -0.4 is 10.2 Å². The van der Waals surface area contributed by atoms with Gasteiger partial charge >= 0.3 is 0 Å². The van der Waals surface area contributed by atoms with Crippen molar-refractivity contribution in [3.05, 3.63) is 88.0 Å². The molecule has 2 aromatic heterocycles. The number of benzene rings is 2. The van der Waals surface area contributed by atoms with E-state index in [1.54, 1.807) is 23.0 Å². The molecule has 2 heterocycles. The molecular formula is C25H23N3O3S. The first-order valence-electron chi connectivity index (χ1n) is 10.5. The molecule has 0 saturated heterocycles. The van der Waals surface area contributed by atoms with Gasteiger partial charge in [0.1, 0.15) is 12.4 Å². The number of fused-ring (bicyclic) bond motifs is 1. The van der Waals surface area contributed by atoms with E-state index in [1.807, 2.05) is 54.8 Å². The molecule has 1 saturated carbocycles. The molecule has 1 unspecified atom stereocenters. The highest BCUT2D eigenvalue weighted by Gasteiger charge is 2.60. The number of aryl methyl sites for hydroxylation is 1. The zero-order valence-corrected chi connectivity index (χ0v) is 18.4. The van der Waals surface area contributed by atoms with E-state index in [0.717, 1.165) is 38.5 Å². The molecule has 0 radical (unpaired) electrons. The Morgan fingerprint density at radius 3 is 2.81 bits per heavy atom. The van der Waals surface area contributed by atoms with Gasteiger partial charge in [-0.15, -0.1) is 11.3 Å². The predicted molar refractivity (Wildman–Crippen MR) is 123 cm³/mol. The summed E-state index contributed by atoms with van der Waals surface area (Å²) in [6.07, 6.45) is 3.13. The summed E-state index contributed by atoms with van der Waals surface area (Å²) < 4.78 is 6.07. The number of hydroxylamine groups is 1. The number of para-hydroxylation sites is 1. The molecule has 1 aliphatic carbocycles. The van der Waals surface area contributed by atoms with Crippen LogP contribution in [0.5, 0.6) is 5.75 Å². The summed E-state index contributed by atoms with van der Waals surface area (Å²) in [4.78, 5) is 21.1. The molecule has 162 valence electrons. The minimum Gasteiger partial charge on any atom is -0.489 e. The van der Waals surface area contributed by atoms with Gasteiger partial charge in [0.2, 0.25) is 5.91 Å². The molecule has 1 fully saturated rings. The van der Waals surface area contributed by atoms with Crippen molar-refractivity contribution < 1.29 is 14.7 Å². The summed E-state index contributed by atoms with van der Waals surface area (Å²) in [5.74, 6) is 0.175. The van der Waals surface area contributed by atoms with Crippen LogP contribution in [-0.4, -0.2) is 21.1 Å². The average molecular weight is 446 g/mol. The lowest BCUT2D eigenvalue weighted by molar-refractivity contribution is -0.131. The number of carbonyl (C=O) groups is 1. The highest BCUT2D eigenvalue weighted by molar-refractivity contribution is 7.09. The first-order valence-corrected chi connectivity index (χ1v) is 11.4. The van der Waals surface area contributed by atoms with Crippen LogP contribution in [0.25, 0.3) is 10.9 Å². The van der Waals surface area contributed by atoms with Gasteiger partial charge in [-0.1, -0.05) is 30.3 Å². The number of nitrogens with zero attached hydrogens (tertiary/aromatic N) is 2. The van der Waals surface area contributed by atoms with Gasteiger partial charge in [0, 0.05) is 33.6 Å². The van der Waals surface area contributed by atoms with Crippen LogP contribution in [0.2, 0.25) is 0 Å². The number of aromatic nitrogens is 2. The summed E-state index contributed by atoms with van der Waals surface area (Å²) in [7, 11) is 0. The van der Waals surface area contributed by atoms with Crippen molar-refractivity contribution in [2.24, 2.45) is 5.92 Å². The van der Waals surface area contributed by atoms with E-state index < -0.39 is 0 Å². The number of amides is 1. The zero-order valence-electron chi connectivity index (χ0n) is 17.6. The highest BCUT2D eigenvalue weighted by atomic mass is 32.1. The van der Waals surface area contributed by atoms with E-state index in [1.165, 1.54) is 0 Å². The normalized spacial score (nSPS) is 19.6. The Morgan fingerprint density at radius 1 is 1.25 bits per heavy atom. The van der Waals surface area contributed by atoms with Crippen LogP contribution in [0.15, 0.2) is 66.2 Å². The first-order chi connectivity index (χ1) is 15.6. The SMILES string of the molecule is Cc1cc(COc2ccc(C[C@]3(c4nccs4)CC3C(=O)NO)cc2)c2ccccc2n1. The van der Waals surface area contributed by atoms with Gasteiger partial charge in [0.15, 0.2) is 0 Å². The number of thiazole rings is 1. The topological polar surface area (TPSA) is 84.3 Å². The fourth-order valence-electron chi connectivity index (χ4n) is 4.45. The van der Waals surface area contributed by atoms with Crippen molar-refractivity contribution in [3.8, 4) is 5.75 Å². The summed E-state index contributed by atoms with van der Waals surface area (Å²) in [5.41, 5.74) is 5.60. The van der Waals surface area contributed by atoms with Crippen molar-refractivity contribution in [1.82, 2.24) is 15.4 Å². The standard InChI is InChI=1S/C25H23N3O3S/c1-16-12-18(20-4-2-3-5-22(20)27-16)15-31-19-8-6-17(7-9-19)13-25(24-26-10-11-32-24)14-21(25)23(29)28-30/h2-12,21,30H,13-15H2,1H3,(H,28,29)/t21?,25-/m0/s1. The van der Waals surface area contributed by atoms with Crippen LogP contribution in [0.3, 0.4) is 0 Å². The molecule has 5 rings (SSSR count). The predicted octanol–water partition coefficient (Wildman–Crippen LogP) is 4.58. The van der Waals surface area contributed by atoms with Crippen LogP contribution in [0.1, 0.15) is 28.2 Å². The van der Waals surface area contributed by atoms with Crippen molar-refractivity contribution in [1.29, 1.82) is 0 Å². The van der Waals surface area contributed by atoms with E-state index in [4.69, 9.17) is 9.94 Å². The third kappa shape index (κ3) is 3.85. The Hall–Kier alpha value is -3.29. The highest BCUT2D eigenvalue weighted by Crippen LogP contribution is 2.57. The molecule has 6 nitrogen and oxygen atoms in total. The fraction of sp³-hybridized carbons (Fsp3) is 0.240. The molecular weight excluding hydrogens is 422 g/mol. The monoisotopic (exact) mass is 445 g/mol. The lowest BCUT2D eigenvalue weighted by atomic mass is 9.94. The number of rotatable bonds is 7. The second kappa shape index (κ2) is 8.33. The number of ether oxygens (including phenoxy) is 1. The molecule has 0 spiro atoms. The number of carbonyl (C=O) groups excluding carboxylic acids is 1. The third-order valence-electron chi connectivity index (χ3n) is 6.13. The van der Waals surface area contributed by atoms with Crippen molar-refractivity contribution in [2.75, 3.05) is 0 Å². The van der Waals surface area contributed by atoms with Gasteiger partial charge in [0.25, 0.3) is 0 Å². The van der Waals surface area contributed by atoms with E-state index in [2.05, 4.69) is 22.1 Å². The summed E-state index contributed by atoms with van der Waals surface area (Å²) in [5, 5.41) is 13.0. The Morgan fingerprint density at radius 2 is 2.06 bits per heavy atom. The van der Waals surface area contributed by atoms with Gasteiger partial charge in [-0.3, -0.25) is 15.0 Å². The molecule has 4 aromatic rings. The second-order valence-corrected chi connectivity index (χ2v) is 9.17. The summed E-state index contributed by atoms with van der Waals surface area (Å²) >= 11 is 1.55. The molecule has 0 aliphatic heterocycles. The fourth-order valence-corrected chi connectivity index (χ4v) is 5.35. The van der Waals surface area contributed by atoms with Crippen molar-refractivity contribution >= 4 is 28.1 Å². The smallest absolute Gasteiger partial charge is 0.247 e. The van der Waals surface area contributed by atoms with E-state index in [9.17, 15) is 4.79 Å². The number of pyridine rings is 1. The van der Waals surface area contributed by atoms with Crippen LogP contribution >= 0.6 is 11.3 Å². The quantitative estimate of drug-likeness (QED) is 0.321. The maximum Gasteiger partial charge on any atom is 0.247 e. The maximum absolute atomic E-state index is 12.1. The van der Waals surface area contributed by atoms with Crippen molar-refractivity contribution in [2.45, 2.75) is 31.8 Å². The van der Waals surface area contributed by atoms with Gasteiger partial charge < -0.3 is 4.74 Å². The van der Waals surface area contributed by atoms with Gasteiger partial charge in [-0.2, -0.15) is 0 Å². The summed E-state index contributed by atoms with van der Waals surface area (Å²) in [6, 6.07) is 18.1. The Bertz CT molecular complexity index is 1260. The second-order valence-electron chi connectivity index (χ2n) is 8.28. The Kier molecular flexibility index (Phi) is 5.36. The average Bonchev–Trinajstić information content (AvgIpc) is 3.26.